The van der Waals surface area contributed by atoms with Gasteiger partial charge in [0, 0.05) is 10.5 Å². The van der Waals surface area contributed by atoms with Crippen LogP contribution in [0.25, 0.3) is 0 Å². The fourth-order valence-corrected chi connectivity index (χ4v) is 1.47. The normalized spacial score (nSPS) is 10.6. The fourth-order valence-electron chi connectivity index (χ4n) is 1.27. The summed E-state index contributed by atoms with van der Waals surface area (Å²) in [6.07, 6.45) is 0. The van der Waals surface area contributed by atoms with Gasteiger partial charge in [-0.15, -0.1) is 12.6 Å². The maximum atomic E-state index is 11.8. The number of nitrogens with one attached hydrogen (secondary N) is 1. The summed E-state index contributed by atoms with van der Waals surface area (Å²) in [6.45, 7) is 1.23. The van der Waals surface area contributed by atoms with Crippen molar-refractivity contribution in [2.45, 2.75) is 17.9 Å². The van der Waals surface area contributed by atoms with Crippen LogP contribution in [0.4, 0.5) is 0 Å². The van der Waals surface area contributed by atoms with Crippen LogP contribution in [0.15, 0.2) is 23.1 Å². The molecule has 1 aromatic carbocycles. The molecule has 0 saturated heterocycles. The van der Waals surface area contributed by atoms with Crippen molar-refractivity contribution in [2.24, 2.45) is 0 Å². The minimum absolute atomic E-state index is 0.290. The monoisotopic (exact) mass is 241 g/mol. The van der Waals surface area contributed by atoms with Gasteiger partial charge in [-0.1, -0.05) is 6.07 Å². The summed E-state index contributed by atoms with van der Waals surface area (Å²) >= 11 is 4.15. The Morgan fingerprint density at radius 3 is 2.62 bits per heavy atom. The first kappa shape index (κ1) is 13.0. The second-order valence-corrected chi connectivity index (χ2v) is 4.05. The second kappa shape index (κ2) is 5.89. The highest BCUT2D eigenvalue weighted by Gasteiger charge is 2.13. The lowest BCUT2D eigenvalue weighted by Gasteiger charge is -2.14. The maximum absolute atomic E-state index is 11.8. The van der Waals surface area contributed by atoms with Gasteiger partial charge in [-0.3, -0.25) is 4.79 Å². The lowest BCUT2D eigenvalue weighted by Crippen LogP contribution is -2.40. The minimum atomic E-state index is -0.629. The Morgan fingerprint density at radius 2 is 2.06 bits per heavy atom. The summed E-state index contributed by atoms with van der Waals surface area (Å²) in [5.41, 5.74) is 1.32. The molecule has 3 N–H and O–H groups in total. The van der Waals surface area contributed by atoms with Crippen LogP contribution in [0.1, 0.15) is 15.9 Å². The van der Waals surface area contributed by atoms with Gasteiger partial charge in [0.25, 0.3) is 5.91 Å². The number of hydrogen-bond donors (Lipinski definition) is 4. The van der Waals surface area contributed by atoms with E-state index in [1.807, 2.05) is 6.92 Å². The zero-order chi connectivity index (χ0) is 12.1. The van der Waals surface area contributed by atoms with Crippen LogP contribution in [0.5, 0.6) is 0 Å². The molecular formula is C11H15NO3S. The van der Waals surface area contributed by atoms with Crippen molar-refractivity contribution in [2.75, 3.05) is 13.2 Å². The van der Waals surface area contributed by atoms with Crippen LogP contribution in [-0.2, 0) is 0 Å². The molecular weight excluding hydrogens is 226 g/mol. The lowest BCUT2D eigenvalue weighted by molar-refractivity contribution is 0.0878. The Morgan fingerprint density at radius 1 is 1.44 bits per heavy atom. The van der Waals surface area contributed by atoms with Crippen molar-refractivity contribution >= 4 is 18.5 Å². The summed E-state index contributed by atoms with van der Waals surface area (Å²) in [6, 6.07) is 4.62. The van der Waals surface area contributed by atoms with Crippen molar-refractivity contribution in [3.63, 3.8) is 0 Å². The standard InChI is InChI=1S/C11H15NO3S/c1-7-2-3-9(16)4-10(7)11(15)12-8(5-13)6-14/h2-4,8,13-14,16H,5-6H2,1H3,(H,12,15). The number of rotatable bonds is 4. The van der Waals surface area contributed by atoms with E-state index in [0.717, 1.165) is 5.56 Å². The van der Waals surface area contributed by atoms with Crippen molar-refractivity contribution in [1.82, 2.24) is 5.32 Å². The zero-order valence-electron chi connectivity index (χ0n) is 8.97. The molecule has 0 aromatic heterocycles. The summed E-state index contributed by atoms with van der Waals surface area (Å²) in [7, 11) is 0. The second-order valence-electron chi connectivity index (χ2n) is 3.53. The number of aliphatic hydroxyl groups is 2. The van der Waals surface area contributed by atoms with Crippen molar-refractivity contribution in [1.29, 1.82) is 0 Å². The van der Waals surface area contributed by atoms with Gasteiger partial charge in [-0.2, -0.15) is 0 Å². The molecule has 4 nitrogen and oxygen atoms in total. The molecule has 0 aliphatic heterocycles. The molecule has 0 spiro atoms. The van der Waals surface area contributed by atoms with Gasteiger partial charge in [0.15, 0.2) is 0 Å². The number of aryl methyl sites for hydroxylation is 1. The molecule has 0 saturated carbocycles. The summed E-state index contributed by atoms with van der Waals surface area (Å²) < 4.78 is 0. The van der Waals surface area contributed by atoms with E-state index in [1.54, 1.807) is 18.2 Å². The van der Waals surface area contributed by atoms with E-state index in [1.165, 1.54) is 0 Å². The van der Waals surface area contributed by atoms with Crippen LogP contribution < -0.4 is 5.32 Å². The fraction of sp³-hybridized carbons (Fsp3) is 0.364. The average molecular weight is 241 g/mol. The predicted octanol–water partition coefficient (Wildman–Crippen LogP) is 0.367. The largest absolute Gasteiger partial charge is 0.394 e. The molecule has 0 aliphatic rings. The first-order chi connectivity index (χ1) is 7.58. The highest BCUT2D eigenvalue weighted by molar-refractivity contribution is 7.80. The van der Waals surface area contributed by atoms with Gasteiger partial charge in [-0.25, -0.2) is 0 Å². The lowest BCUT2D eigenvalue weighted by atomic mass is 10.1. The average Bonchev–Trinajstić information content (AvgIpc) is 2.28. The van der Waals surface area contributed by atoms with Gasteiger partial charge in [-0.05, 0) is 24.6 Å². The Balaban J connectivity index is 2.83. The molecule has 0 heterocycles. The van der Waals surface area contributed by atoms with Crippen LogP contribution in [0.2, 0.25) is 0 Å². The van der Waals surface area contributed by atoms with E-state index in [-0.39, 0.29) is 19.1 Å². The number of carbonyl (C=O) groups is 1. The maximum Gasteiger partial charge on any atom is 0.251 e. The summed E-state index contributed by atoms with van der Waals surface area (Å²) in [5, 5.41) is 20.2. The van der Waals surface area contributed by atoms with E-state index >= 15 is 0 Å². The van der Waals surface area contributed by atoms with Crippen molar-refractivity contribution in [3.05, 3.63) is 29.3 Å². The van der Waals surface area contributed by atoms with Gasteiger partial charge in [0.05, 0.1) is 19.3 Å². The van der Waals surface area contributed by atoms with Crippen LogP contribution in [0.3, 0.4) is 0 Å². The molecule has 1 amide bonds. The Hall–Kier alpha value is -1.04. The molecule has 16 heavy (non-hydrogen) atoms. The van der Waals surface area contributed by atoms with Gasteiger partial charge >= 0.3 is 0 Å². The quantitative estimate of drug-likeness (QED) is 0.576. The van der Waals surface area contributed by atoms with E-state index in [2.05, 4.69) is 17.9 Å². The van der Waals surface area contributed by atoms with Crippen molar-refractivity contribution < 1.29 is 15.0 Å². The molecule has 5 heteroatoms. The van der Waals surface area contributed by atoms with E-state index in [9.17, 15) is 4.79 Å². The highest BCUT2D eigenvalue weighted by Crippen LogP contribution is 2.13. The third-order valence-corrected chi connectivity index (χ3v) is 2.52. The number of amides is 1. The predicted molar refractivity (Wildman–Crippen MR) is 63.9 cm³/mol. The van der Waals surface area contributed by atoms with E-state index in [0.29, 0.717) is 10.5 Å². The SMILES string of the molecule is Cc1ccc(S)cc1C(=O)NC(CO)CO. The first-order valence-corrected chi connectivity index (χ1v) is 5.35. The molecule has 0 aliphatic carbocycles. The third kappa shape index (κ3) is 3.23. The molecule has 0 atom stereocenters. The van der Waals surface area contributed by atoms with Gasteiger partial charge in [0.2, 0.25) is 0 Å². The van der Waals surface area contributed by atoms with Crippen LogP contribution in [0, 0.1) is 6.92 Å². The van der Waals surface area contributed by atoms with Gasteiger partial charge < -0.3 is 15.5 Å². The van der Waals surface area contributed by atoms with E-state index < -0.39 is 6.04 Å². The topological polar surface area (TPSA) is 69.6 Å². The Labute approximate surface area is 99.7 Å². The zero-order valence-corrected chi connectivity index (χ0v) is 9.87. The summed E-state index contributed by atoms with van der Waals surface area (Å²) in [4.78, 5) is 12.5. The number of hydrogen-bond acceptors (Lipinski definition) is 4. The Bertz CT molecular complexity index is 377. The molecule has 1 rings (SSSR count). The van der Waals surface area contributed by atoms with Gasteiger partial charge in [0.1, 0.15) is 0 Å². The van der Waals surface area contributed by atoms with E-state index in [4.69, 9.17) is 10.2 Å². The number of benzene rings is 1. The molecule has 88 valence electrons. The van der Waals surface area contributed by atoms with Crippen LogP contribution >= 0.6 is 12.6 Å². The first-order valence-electron chi connectivity index (χ1n) is 4.90. The molecule has 0 fully saturated rings. The summed E-state index contributed by atoms with van der Waals surface area (Å²) in [5.74, 6) is -0.318. The van der Waals surface area contributed by atoms with Crippen LogP contribution in [-0.4, -0.2) is 35.4 Å². The number of thiol groups is 1. The molecule has 0 bridgehead atoms. The van der Waals surface area contributed by atoms with Crippen molar-refractivity contribution in [3.8, 4) is 0 Å². The molecule has 0 radical (unpaired) electrons. The third-order valence-electron chi connectivity index (χ3n) is 2.24. The minimum Gasteiger partial charge on any atom is -0.394 e. The smallest absolute Gasteiger partial charge is 0.251 e. The number of carbonyl (C=O) groups excluding carboxylic acids is 1. The highest BCUT2D eigenvalue weighted by atomic mass is 32.1. The Kier molecular flexibility index (Phi) is 4.79. The molecule has 0 unspecified atom stereocenters. The number of aliphatic hydroxyl groups excluding tert-OH is 2. The molecule has 1 aromatic rings.